The summed E-state index contributed by atoms with van der Waals surface area (Å²) in [4.78, 5) is 4.59. The van der Waals surface area contributed by atoms with Gasteiger partial charge in [0.2, 0.25) is 0 Å². The Morgan fingerprint density at radius 2 is 1.89 bits per heavy atom. The Kier molecular flexibility index (Phi) is 2.54. The average molecular weight is 275 g/mol. The van der Waals surface area contributed by atoms with Gasteiger partial charge in [-0.15, -0.1) is 11.3 Å². The van der Waals surface area contributed by atoms with E-state index in [4.69, 9.17) is 0 Å². The van der Waals surface area contributed by atoms with E-state index in [2.05, 4.69) is 30.7 Å². The molecule has 0 aliphatic heterocycles. The molecule has 3 aromatic rings. The lowest BCUT2D eigenvalue weighted by atomic mass is 10.2. The largest absolute Gasteiger partial charge is 0.255 e. The molecule has 0 spiro atoms. The van der Waals surface area contributed by atoms with Gasteiger partial charge in [0, 0.05) is 16.3 Å². The molecule has 1 aromatic carbocycles. The predicted octanol–water partition coefficient (Wildman–Crippen LogP) is 4.13. The molecule has 0 bridgehead atoms. The number of pyridine rings is 1. The first kappa shape index (κ1) is 11.8. The number of hydrogen-bond donors (Lipinski definition) is 0. The first-order valence-electron chi connectivity index (χ1n) is 5.93. The molecule has 3 rings (SSSR count). The Morgan fingerprint density at radius 1 is 1.11 bits per heavy atom. The molecule has 2 aromatic heterocycles. The van der Waals surface area contributed by atoms with E-state index < -0.39 is 8.07 Å². The van der Waals surface area contributed by atoms with E-state index in [1.165, 1.54) is 11.3 Å². The van der Waals surface area contributed by atoms with E-state index in [9.17, 15) is 4.39 Å². The summed E-state index contributed by atoms with van der Waals surface area (Å²) in [5, 5.41) is 2.40. The fraction of sp³-hybridized carbons (Fsp3) is 0.214. The number of rotatable bonds is 1. The van der Waals surface area contributed by atoms with Crippen LogP contribution in [0.25, 0.3) is 20.3 Å². The van der Waals surface area contributed by atoms with Gasteiger partial charge in [0.15, 0.2) is 0 Å². The molecule has 1 nitrogen and oxygen atoms in total. The van der Waals surface area contributed by atoms with E-state index in [1.807, 2.05) is 12.3 Å². The maximum atomic E-state index is 13.2. The number of aromatic nitrogens is 1. The second kappa shape index (κ2) is 3.86. The van der Waals surface area contributed by atoms with Crippen molar-refractivity contribution >= 4 is 44.9 Å². The molecule has 0 aliphatic rings. The van der Waals surface area contributed by atoms with Gasteiger partial charge in [-0.2, -0.15) is 0 Å². The van der Waals surface area contributed by atoms with Crippen molar-refractivity contribution in [1.29, 1.82) is 0 Å². The van der Waals surface area contributed by atoms with E-state index in [-0.39, 0.29) is 5.82 Å². The molecule has 0 radical (unpaired) electrons. The van der Waals surface area contributed by atoms with Crippen LogP contribution in [0.2, 0.25) is 19.6 Å². The summed E-state index contributed by atoms with van der Waals surface area (Å²) < 4.78 is 15.4. The topological polar surface area (TPSA) is 12.9 Å². The molecule has 0 saturated carbocycles. The third-order valence-electron chi connectivity index (χ3n) is 3.14. The lowest BCUT2D eigenvalue weighted by Crippen LogP contribution is -2.37. The molecule has 0 saturated heterocycles. The van der Waals surface area contributed by atoms with Gasteiger partial charge in [-0.1, -0.05) is 19.6 Å². The van der Waals surface area contributed by atoms with Crippen molar-refractivity contribution in [3.8, 4) is 0 Å². The Morgan fingerprint density at radius 3 is 2.61 bits per heavy atom. The SMILES string of the molecule is C[Si](C)(C)c1cnc2c(c1)sc1cc(F)ccc12. The molecule has 0 fully saturated rings. The highest BCUT2D eigenvalue weighted by Crippen LogP contribution is 2.32. The van der Waals surface area contributed by atoms with Crippen LogP contribution in [0.3, 0.4) is 0 Å². The van der Waals surface area contributed by atoms with E-state index in [0.717, 1.165) is 20.3 Å². The van der Waals surface area contributed by atoms with Crippen LogP contribution in [0.1, 0.15) is 0 Å². The second-order valence-electron chi connectivity index (χ2n) is 5.56. The summed E-state index contributed by atoms with van der Waals surface area (Å²) in [7, 11) is -1.34. The Labute approximate surface area is 110 Å². The summed E-state index contributed by atoms with van der Waals surface area (Å²) in [5.74, 6) is -0.181. The van der Waals surface area contributed by atoms with Crippen LogP contribution in [0.5, 0.6) is 0 Å². The summed E-state index contributed by atoms with van der Waals surface area (Å²) in [6.07, 6.45) is 1.99. The van der Waals surface area contributed by atoms with Crippen molar-refractivity contribution < 1.29 is 4.39 Å². The first-order chi connectivity index (χ1) is 8.45. The summed E-state index contributed by atoms with van der Waals surface area (Å²) >= 11 is 1.63. The van der Waals surface area contributed by atoms with Crippen LogP contribution >= 0.6 is 11.3 Å². The molecule has 18 heavy (non-hydrogen) atoms. The minimum Gasteiger partial charge on any atom is -0.255 e. The van der Waals surface area contributed by atoms with Crippen LogP contribution in [-0.2, 0) is 0 Å². The van der Waals surface area contributed by atoms with Crippen molar-refractivity contribution in [1.82, 2.24) is 4.98 Å². The van der Waals surface area contributed by atoms with E-state index in [1.54, 1.807) is 17.4 Å². The van der Waals surface area contributed by atoms with E-state index in [0.29, 0.717) is 0 Å². The van der Waals surface area contributed by atoms with Crippen molar-refractivity contribution in [2.45, 2.75) is 19.6 Å². The molecule has 0 unspecified atom stereocenters. The van der Waals surface area contributed by atoms with Gasteiger partial charge in [-0.05, 0) is 29.5 Å². The zero-order valence-corrected chi connectivity index (χ0v) is 12.4. The normalized spacial score (nSPS) is 12.4. The lowest BCUT2D eigenvalue weighted by molar-refractivity contribution is 0.630. The van der Waals surface area contributed by atoms with Gasteiger partial charge in [-0.25, -0.2) is 4.39 Å². The van der Waals surface area contributed by atoms with Gasteiger partial charge in [-0.3, -0.25) is 4.98 Å². The van der Waals surface area contributed by atoms with Gasteiger partial charge in [0.1, 0.15) is 5.82 Å². The molecule has 0 atom stereocenters. The third-order valence-corrected chi connectivity index (χ3v) is 6.23. The summed E-state index contributed by atoms with van der Waals surface area (Å²) in [6.45, 7) is 6.93. The Hall–Kier alpha value is -1.26. The lowest BCUT2D eigenvalue weighted by Gasteiger charge is -2.15. The predicted molar refractivity (Wildman–Crippen MR) is 80.1 cm³/mol. The number of fused-ring (bicyclic) bond motifs is 3. The van der Waals surface area contributed by atoms with Crippen molar-refractivity contribution in [2.24, 2.45) is 0 Å². The number of thiophene rings is 1. The maximum absolute atomic E-state index is 13.2. The van der Waals surface area contributed by atoms with Crippen LogP contribution in [0.4, 0.5) is 4.39 Å². The van der Waals surface area contributed by atoms with Crippen LogP contribution in [0.15, 0.2) is 30.5 Å². The number of halogens is 1. The van der Waals surface area contributed by atoms with Crippen molar-refractivity contribution in [2.75, 3.05) is 0 Å². The molecule has 92 valence electrons. The fourth-order valence-corrected chi connectivity index (χ4v) is 4.29. The van der Waals surface area contributed by atoms with Gasteiger partial charge >= 0.3 is 0 Å². The third kappa shape index (κ3) is 1.85. The highest BCUT2D eigenvalue weighted by molar-refractivity contribution is 7.25. The van der Waals surface area contributed by atoms with Crippen molar-refractivity contribution in [3.63, 3.8) is 0 Å². The van der Waals surface area contributed by atoms with Gasteiger partial charge in [0.05, 0.1) is 18.3 Å². The molecule has 2 heterocycles. The highest BCUT2D eigenvalue weighted by atomic mass is 32.1. The van der Waals surface area contributed by atoms with E-state index >= 15 is 0 Å². The van der Waals surface area contributed by atoms with Crippen LogP contribution < -0.4 is 5.19 Å². The maximum Gasteiger partial charge on any atom is 0.124 e. The smallest absolute Gasteiger partial charge is 0.124 e. The summed E-state index contributed by atoms with van der Waals surface area (Å²) in [5.41, 5.74) is 0.997. The minimum absolute atomic E-state index is 0.181. The number of benzene rings is 1. The second-order valence-corrected chi connectivity index (χ2v) is 11.7. The van der Waals surface area contributed by atoms with Crippen LogP contribution in [0, 0.1) is 5.82 Å². The van der Waals surface area contributed by atoms with Gasteiger partial charge < -0.3 is 0 Å². The minimum atomic E-state index is -1.34. The monoisotopic (exact) mass is 275 g/mol. The number of hydrogen-bond acceptors (Lipinski definition) is 2. The molecular formula is C14H14FNSSi. The molecule has 0 aliphatic carbocycles. The molecule has 0 amide bonds. The fourth-order valence-electron chi connectivity index (χ4n) is 2.03. The zero-order valence-electron chi connectivity index (χ0n) is 10.6. The van der Waals surface area contributed by atoms with Crippen molar-refractivity contribution in [3.05, 3.63) is 36.3 Å². The standard InChI is InChI=1S/C14H14FNSSi/c1-18(2,3)10-7-13-14(16-8-10)11-5-4-9(15)6-12(11)17-13/h4-8H,1-3H3. The molecule has 0 N–H and O–H groups in total. The Balaban J connectivity index is 2.33. The molecular weight excluding hydrogens is 261 g/mol. The Bertz CT molecular complexity index is 742. The van der Waals surface area contributed by atoms with Crippen LogP contribution in [-0.4, -0.2) is 13.1 Å². The zero-order chi connectivity index (χ0) is 12.9. The van der Waals surface area contributed by atoms with Gasteiger partial charge in [0.25, 0.3) is 0 Å². The first-order valence-corrected chi connectivity index (χ1v) is 10.2. The molecule has 4 heteroatoms. The number of nitrogens with zero attached hydrogens (tertiary/aromatic N) is 1. The summed E-state index contributed by atoms with van der Waals surface area (Å²) in [6, 6.07) is 7.15. The highest BCUT2D eigenvalue weighted by Gasteiger charge is 2.18. The average Bonchev–Trinajstić information content (AvgIpc) is 2.63. The quantitative estimate of drug-likeness (QED) is 0.608.